The zero-order valence-corrected chi connectivity index (χ0v) is 12.4. The van der Waals surface area contributed by atoms with Crippen LogP contribution in [0.4, 0.5) is 0 Å². The Morgan fingerprint density at radius 1 is 1.32 bits per heavy atom. The molecule has 0 aliphatic carbocycles. The van der Waals surface area contributed by atoms with Gasteiger partial charge in [-0.1, -0.05) is 13.3 Å². The summed E-state index contributed by atoms with van der Waals surface area (Å²) in [6, 6.07) is 0. The van der Waals surface area contributed by atoms with Crippen LogP contribution < -0.4 is 10.6 Å². The van der Waals surface area contributed by atoms with E-state index in [-0.39, 0.29) is 18.4 Å². The van der Waals surface area contributed by atoms with Crippen LogP contribution in [-0.4, -0.2) is 48.4 Å². The SMILES string of the molecule is CCCC1(C(=O)N(CC)CC(=O)NCC)CCCN1. The Morgan fingerprint density at radius 2 is 2.05 bits per heavy atom. The molecule has 2 N–H and O–H groups in total. The number of carbonyl (C=O) groups is 2. The van der Waals surface area contributed by atoms with Crippen molar-refractivity contribution in [2.75, 3.05) is 26.2 Å². The van der Waals surface area contributed by atoms with Crippen LogP contribution in [0.15, 0.2) is 0 Å². The first-order chi connectivity index (χ1) is 9.09. The minimum absolute atomic E-state index is 0.0812. The van der Waals surface area contributed by atoms with E-state index < -0.39 is 5.54 Å². The molecule has 0 spiro atoms. The number of hydrogen-bond donors (Lipinski definition) is 2. The normalized spacial score (nSPS) is 22.3. The molecule has 2 amide bonds. The molecule has 5 heteroatoms. The third-order valence-electron chi connectivity index (χ3n) is 3.71. The Morgan fingerprint density at radius 3 is 2.53 bits per heavy atom. The predicted molar refractivity (Wildman–Crippen MR) is 75.8 cm³/mol. The number of carbonyl (C=O) groups excluding carboxylic acids is 2. The van der Waals surface area contributed by atoms with Gasteiger partial charge in [-0.05, 0) is 39.7 Å². The predicted octanol–water partition coefficient (Wildman–Crippen LogP) is 0.893. The lowest BCUT2D eigenvalue weighted by Gasteiger charge is -2.33. The van der Waals surface area contributed by atoms with Crippen molar-refractivity contribution in [2.45, 2.75) is 52.0 Å². The smallest absolute Gasteiger partial charge is 0.243 e. The maximum Gasteiger partial charge on any atom is 0.243 e. The number of likely N-dealkylation sites (N-methyl/N-ethyl adjacent to an activating group) is 2. The van der Waals surface area contributed by atoms with Gasteiger partial charge in [0, 0.05) is 13.1 Å². The van der Waals surface area contributed by atoms with E-state index in [9.17, 15) is 9.59 Å². The van der Waals surface area contributed by atoms with Crippen LogP contribution in [0.2, 0.25) is 0 Å². The zero-order chi connectivity index (χ0) is 14.3. The Kier molecular flexibility index (Phi) is 6.28. The summed E-state index contributed by atoms with van der Waals surface area (Å²) in [6.45, 7) is 8.13. The summed E-state index contributed by atoms with van der Waals surface area (Å²) in [7, 11) is 0. The van der Waals surface area contributed by atoms with E-state index in [1.165, 1.54) is 0 Å². The standard InChI is InChI=1S/C14H27N3O2/c1-4-8-14(9-7-10-16-14)13(19)17(6-3)11-12(18)15-5-2/h16H,4-11H2,1-3H3,(H,15,18). The molecular formula is C14H27N3O2. The summed E-state index contributed by atoms with van der Waals surface area (Å²) in [6.07, 6.45) is 3.73. The lowest BCUT2D eigenvalue weighted by molar-refractivity contribution is -0.141. The van der Waals surface area contributed by atoms with Crippen LogP contribution >= 0.6 is 0 Å². The molecule has 0 bridgehead atoms. The van der Waals surface area contributed by atoms with Gasteiger partial charge in [-0.25, -0.2) is 0 Å². The molecule has 0 aromatic carbocycles. The summed E-state index contributed by atoms with van der Waals surface area (Å²) < 4.78 is 0. The summed E-state index contributed by atoms with van der Waals surface area (Å²) in [4.78, 5) is 26.0. The molecule has 0 saturated carbocycles. The molecule has 1 saturated heterocycles. The molecule has 1 heterocycles. The third kappa shape index (κ3) is 3.93. The summed E-state index contributed by atoms with van der Waals surface area (Å²) in [5, 5.41) is 6.11. The minimum Gasteiger partial charge on any atom is -0.355 e. The molecule has 19 heavy (non-hydrogen) atoms. The molecule has 5 nitrogen and oxygen atoms in total. The van der Waals surface area contributed by atoms with E-state index in [1.807, 2.05) is 13.8 Å². The Labute approximate surface area is 116 Å². The van der Waals surface area contributed by atoms with E-state index in [1.54, 1.807) is 4.90 Å². The van der Waals surface area contributed by atoms with Crippen molar-refractivity contribution in [3.63, 3.8) is 0 Å². The first kappa shape index (κ1) is 16.0. The third-order valence-corrected chi connectivity index (χ3v) is 3.71. The molecule has 0 aromatic rings. The van der Waals surface area contributed by atoms with Crippen molar-refractivity contribution in [1.29, 1.82) is 0 Å². The van der Waals surface area contributed by atoms with Crippen LogP contribution in [0, 0.1) is 0 Å². The molecule has 110 valence electrons. The van der Waals surface area contributed by atoms with Crippen molar-refractivity contribution < 1.29 is 9.59 Å². The highest BCUT2D eigenvalue weighted by molar-refractivity contribution is 5.90. The largest absolute Gasteiger partial charge is 0.355 e. The molecule has 1 rings (SSSR count). The first-order valence-corrected chi connectivity index (χ1v) is 7.40. The number of amides is 2. The van der Waals surface area contributed by atoms with Gasteiger partial charge in [0.05, 0.1) is 12.1 Å². The number of rotatable bonds is 7. The Hall–Kier alpha value is -1.10. The van der Waals surface area contributed by atoms with Crippen LogP contribution in [0.25, 0.3) is 0 Å². The van der Waals surface area contributed by atoms with Gasteiger partial charge in [0.2, 0.25) is 11.8 Å². The van der Waals surface area contributed by atoms with Crippen molar-refractivity contribution in [3.8, 4) is 0 Å². The van der Waals surface area contributed by atoms with Crippen LogP contribution in [0.5, 0.6) is 0 Å². The lowest BCUT2D eigenvalue weighted by Crippen LogP contribution is -2.56. The van der Waals surface area contributed by atoms with Crippen molar-refractivity contribution in [2.24, 2.45) is 0 Å². The Bertz CT molecular complexity index is 312. The van der Waals surface area contributed by atoms with Crippen LogP contribution in [-0.2, 0) is 9.59 Å². The fourth-order valence-electron chi connectivity index (χ4n) is 2.79. The second kappa shape index (κ2) is 7.48. The molecule has 1 aliphatic rings. The number of nitrogens with one attached hydrogen (secondary N) is 2. The van der Waals surface area contributed by atoms with Gasteiger partial charge >= 0.3 is 0 Å². The quantitative estimate of drug-likeness (QED) is 0.721. The highest BCUT2D eigenvalue weighted by atomic mass is 16.2. The number of nitrogens with zero attached hydrogens (tertiary/aromatic N) is 1. The summed E-state index contributed by atoms with van der Waals surface area (Å²) in [5.74, 6) is 0.00273. The summed E-state index contributed by atoms with van der Waals surface area (Å²) >= 11 is 0. The van der Waals surface area contributed by atoms with Crippen LogP contribution in [0.3, 0.4) is 0 Å². The maximum absolute atomic E-state index is 12.7. The monoisotopic (exact) mass is 269 g/mol. The fraction of sp³-hybridized carbons (Fsp3) is 0.857. The van der Waals surface area contributed by atoms with Gasteiger partial charge in [-0.15, -0.1) is 0 Å². The van der Waals surface area contributed by atoms with E-state index in [0.717, 1.165) is 32.2 Å². The molecule has 1 aliphatic heterocycles. The maximum atomic E-state index is 12.7. The van der Waals surface area contributed by atoms with E-state index >= 15 is 0 Å². The van der Waals surface area contributed by atoms with Gasteiger partial charge in [-0.2, -0.15) is 0 Å². The molecular weight excluding hydrogens is 242 g/mol. The zero-order valence-electron chi connectivity index (χ0n) is 12.4. The van der Waals surface area contributed by atoms with Gasteiger partial charge < -0.3 is 15.5 Å². The van der Waals surface area contributed by atoms with Crippen molar-refractivity contribution in [1.82, 2.24) is 15.5 Å². The molecule has 1 unspecified atom stereocenters. The molecule has 0 aromatic heterocycles. The average Bonchev–Trinajstić information content (AvgIpc) is 2.86. The van der Waals surface area contributed by atoms with E-state index in [0.29, 0.717) is 13.1 Å². The molecule has 1 fully saturated rings. The highest BCUT2D eigenvalue weighted by Crippen LogP contribution is 2.27. The average molecular weight is 269 g/mol. The van der Waals surface area contributed by atoms with Gasteiger partial charge in [0.1, 0.15) is 0 Å². The lowest BCUT2D eigenvalue weighted by atomic mass is 9.90. The van der Waals surface area contributed by atoms with Crippen LogP contribution in [0.1, 0.15) is 46.5 Å². The fourth-order valence-corrected chi connectivity index (χ4v) is 2.79. The van der Waals surface area contributed by atoms with E-state index in [2.05, 4.69) is 17.6 Å². The van der Waals surface area contributed by atoms with Gasteiger partial charge in [-0.3, -0.25) is 9.59 Å². The van der Waals surface area contributed by atoms with Crippen molar-refractivity contribution >= 4 is 11.8 Å². The summed E-state index contributed by atoms with van der Waals surface area (Å²) in [5.41, 5.74) is -0.433. The number of hydrogen-bond acceptors (Lipinski definition) is 3. The van der Waals surface area contributed by atoms with E-state index in [4.69, 9.17) is 0 Å². The minimum atomic E-state index is -0.433. The second-order valence-electron chi connectivity index (χ2n) is 5.14. The second-order valence-corrected chi connectivity index (χ2v) is 5.14. The Balaban J connectivity index is 2.72. The first-order valence-electron chi connectivity index (χ1n) is 7.40. The molecule has 1 atom stereocenters. The van der Waals surface area contributed by atoms with Gasteiger partial charge in [0.25, 0.3) is 0 Å². The van der Waals surface area contributed by atoms with Crippen molar-refractivity contribution in [3.05, 3.63) is 0 Å². The van der Waals surface area contributed by atoms with Gasteiger partial charge in [0.15, 0.2) is 0 Å². The topological polar surface area (TPSA) is 61.4 Å². The molecule has 0 radical (unpaired) electrons. The highest BCUT2D eigenvalue weighted by Gasteiger charge is 2.42.